The minimum absolute atomic E-state index is 0.263. The van der Waals surface area contributed by atoms with Crippen molar-refractivity contribution in [2.45, 2.75) is 45.6 Å². The van der Waals surface area contributed by atoms with E-state index in [-0.39, 0.29) is 17.3 Å². The maximum Gasteiger partial charge on any atom is 0.410 e. The van der Waals surface area contributed by atoms with E-state index in [9.17, 15) is 9.59 Å². The van der Waals surface area contributed by atoms with Crippen molar-refractivity contribution in [2.24, 2.45) is 5.41 Å². The molecule has 4 nitrogen and oxygen atoms in total. The van der Waals surface area contributed by atoms with Crippen LogP contribution in [0.2, 0.25) is 0 Å². The Morgan fingerprint density at radius 1 is 1.33 bits per heavy atom. The lowest BCUT2D eigenvalue weighted by Gasteiger charge is -2.38. The number of hydrogen-bond acceptors (Lipinski definition) is 4. The Morgan fingerprint density at radius 3 is 2.57 bits per heavy atom. The Morgan fingerprint density at radius 2 is 2.00 bits per heavy atom. The zero-order valence-electron chi connectivity index (χ0n) is 12.8. The minimum Gasteiger partial charge on any atom is -0.444 e. The van der Waals surface area contributed by atoms with Gasteiger partial charge in [0.05, 0.1) is 0 Å². The molecule has 1 aliphatic carbocycles. The lowest BCUT2D eigenvalue weighted by atomic mass is 9.75. The first-order valence-electron chi connectivity index (χ1n) is 7.40. The van der Waals surface area contributed by atoms with E-state index in [4.69, 9.17) is 4.74 Å². The summed E-state index contributed by atoms with van der Waals surface area (Å²) >= 11 is 1.67. The number of carbonyl (C=O) groups excluding carboxylic acids is 2. The molecule has 2 heterocycles. The van der Waals surface area contributed by atoms with Crippen molar-refractivity contribution in [3.05, 3.63) is 21.9 Å². The molecule has 0 saturated carbocycles. The van der Waals surface area contributed by atoms with Crippen LogP contribution in [0.3, 0.4) is 0 Å². The van der Waals surface area contributed by atoms with Crippen LogP contribution in [0.25, 0.3) is 0 Å². The van der Waals surface area contributed by atoms with Crippen LogP contribution in [0.5, 0.6) is 0 Å². The van der Waals surface area contributed by atoms with Gasteiger partial charge >= 0.3 is 6.09 Å². The fourth-order valence-electron chi connectivity index (χ4n) is 3.20. The highest BCUT2D eigenvalue weighted by molar-refractivity contribution is 7.10. The number of nitrogens with zero attached hydrogens (tertiary/aromatic N) is 1. The predicted molar refractivity (Wildman–Crippen MR) is 81.8 cm³/mol. The quantitative estimate of drug-likeness (QED) is 0.737. The molecule has 1 spiro atoms. The van der Waals surface area contributed by atoms with Gasteiger partial charge < -0.3 is 9.64 Å². The zero-order valence-corrected chi connectivity index (χ0v) is 13.6. The molecule has 0 N–H and O–H groups in total. The van der Waals surface area contributed by atoms with Gasteiger partial charge in [-0.25, -0.2) is 4.79 Å². The van der Waals surface area contributed by atoms with Gasteiger partial charge in [0.1, 0.15) is 5.60 Å². The molecule has 1 amide bonds. The molecule has 0 radical (unpaired) electrons. The van der Waals surface area contributed by atoms with Crippen LogP contribution < -0.4 is 0 Å². The summed E-state index contributed by atoms with van der Waals surface area (Å²) in [5.74, 6) is 0.280. The molecule has 1 aromatic rings. The van der Waals surface area contributed by atoms with Gasteiger partial charge in [-0.2, -0.15) is 0 Å². The average Bonchev–Trinajstić information content (AvgIpc) is 2.92. The largest absolute Gasteiger partial charge is 0.444 e. The third-order valence-corrected chi connectivity index (χ3v) is 5.26. The fourth-order valence-corrected chi connectivity index (χ4v) is 4.22. The summed E-state index contributed by atoms with van der Waals surface area (Å²) in [5.41, 5.74) is 0.172. The lowest BCUT2D eigenvalue weighted by Crippen LogP contribution is -2.47. The summed E-state index contributed by atoms with van der Waals surface area (Å²) in [5, 5.41) is 1.99. The number of carbonyl (C=O) groups is 2. The Labute approximate surface area is 129 Å². The normalized spacial score (nSPS) is 20.7. The van der Waals surface area contributed by atoms with E-state index in [0.717, 1.165) is 24.8 Å². The Balaban J connectivity index is 1.65. The molecule has 1 fully saturated rings. The van der Waals surface area contributed by atoms with Crippen molar-refractivity contribution in [1.82, 2.24) is 4.90 Å². The van der Waals surface area contributed by atoms with Crippen LogP contribution in [0, 0.1) is 5.41 Å². The molecule has 1 aromatic heterocycles. The van der Waals surface area contributed by atoms with Gasteiger partial charge in [0.25, 0.3) is 0 Å². The Kier molecular flexibility index (Phi) is 3.35. The molecule has 0 unspecified atom stereocenters. The minimum atomic E-state index is -0.473. The van der Waals surface area contributed by atoms with Gasteiger partial charge in [-0.3, -0.25) is 4.79 Å². The molecule has 2 aliphatic rings. The van der Waals surface area contributed by atoms with Crippen molar-refractivity contribution < 1.29 is 14.3 Å². The number of likely N-dealkylation sites (tertiary alicyclic amines) is 1. The molecule has 0 aromatic carbocycles. The van der Waals surface area contributed by atoms with Crippen molar-refractivity contribution >= 4 is 23.2 Å². The average molecular weight is 307 g/mol. The Hall–Kier alpha value is -1.36. The smallest absolute Gasteiger partial charge is 0.410 e. The number of thiophene rings is 1. The monoisotopic (exact) mass is 307 g/mol. The number of ether oxygens (including phenoxy) is 1. The van der Waals surface area contributed by atoms with Crippen LogP contribution in [-0.2, 0) is 11.2 Å². The second-order valence-electron chi connectivity index (χ2n) is 7.01. The van der Waals surface area contributed by atoms with Gasteiger partial charge in [0.15, 0.2) is 5.78 Å². The van der Waals surface area contributed by atoms with Crippen LogP contribution >= 0.6 is 11.3 Å². The molecular formula is C16H21NO3S. The topological polar surface area (TPSA) is 46.6 Å². The van der Waals surface area contributed by atoms with Gasteiger partial charge in [-0.15, -0.1) is 11.3 Å². The predicted octanol–water partition coefficient (Wildman–Crippen LogP) is 3.50. The second-order valence-corrected chi connectivity index (χ2v) is 8.01. The summed E-state index contributed by atoms with van der Waals surface area (Å²) < 4.78 is 5.41. The van der Waals surface area contributed by atoms with E-state index in [1.807, 2.05) is 32.2 Å². The van der Waals surface area contributed by atoms with Gasteiger partial charge in [-0.05, 0) is 51.5 Å². The van der Waals surface area contributed by atoms with E-state index >= 15 is 0 Å². The molecule has 21 heavy (non-hydrogen) atoms. The van der Waals surface area contributed by atoms with E-state index in [0.29, 0.717) is 13.1 Å². The molecule has 1 saturated heterocycles. The van der Waals surface area contributed by atoms with Crippen molar-refractivity contribution in [1.29, 1.82) is 0 Å². The van der Waals surface area contributed by atoms with E-state index < -0.39 is 5.60 Å². The zero-order chi connectivity index (χ0) is 15.3. The molecular weight excluding hydrogens is 286 g/mol. The lowest BCUT2D eigenvalue weighted by molar-refractivity contribution is 0.0114. The highest BCUT2D eigenvalue weighted by Crippen LogP contribution is 2.46. The molecule has 0 atom stereocenters. The number of Topliss-reactive ketones (excluding diaryl/α,β-unsaturated/α-hetero) is 1. The third-order valence-electron chi connectivity index (χ3n) is 4.34. The molecule has 1 aliphatic heterocycles. The summed E-state index contributed by atoms with van der Waals surface area (Å²) in [6.07, 6.45) is 2.07. The number of piperidine rings is 1. The van der Waals surface area contributed by atoms with Crippen molar-refractivity contribution in [3.63, 3.8) is 0 Å². The van der Waals surface area contributed by atoms with Crippen LogP contribution in [0.4, 0.5) is 4.79 Å². The molecule has 5 heteroatoms. The van der Waals surface area contributed by atoms with Crippen LogP contribution in [0.1, 0.15) is 48.8 Å². The highest BCUT2D eigenvalue weighted by Gasteiger charge is 2.48. The van der Waals surface area contributed by atoms with Crippen LogP contribution in [0.15, 0.2) is 11.4 Å². The molecule has 0 bridgehead atoms. The van der Waals surface area contributed by atoms with Gasteiger partial charge in [0, 0.05) is 28.9 Å². The summed E-state index contributed by atoms with van der Waals surface area (Å²) in [4.78, 5) is 27.6. The summed E-state index contributed by atoms with van der Waals surface area (Å²) in [7, 11) is 0. The number of hydrogen-bond donors (Lipinski definition) is 0. The van der Waals surface area contributed by atoms with E-state index in [2.05, 4.69) is 0 Å². The van der Waals surface area contributed by atoms with Crippen LogP contribution in [-0.4, -0.2) is 35.5 Å². The summed E-state index contributed by atoms with van der Waals surface area (Å²) in [6, 6.07) is 1.94. The van der Waals surface area contributed by atoms with E-state index in [1.165, 1.54) is 4.88 Å². The number of ketones is 1. The first kappa shape index (κ1) is 14.6. The Bertz CT molecular complexity index is 577. The standard InChI is InChI=1S/C16H21NO3S/c1-15(2,3)20-14(19)17-7-5-16(6-8-17)10-12-11(13(16)18)4-9-21-12/h4,9H,5-8,10H2,1-3H3. The first-order valence-corrected chi connectivity index (χ1v) is 8.28. The van der Waals surface area contributed by atoms with Gasteiger partial charge in [-0.1, -0.05) is 0 Å². The number of fused-ring (bicyclic) bond motifs is 1. The van der Waals surface area contributed by atoms with Crippen molar-refractivity contribution in [2.75, 3.05) is 13.1 Å². The fraction of sp³-hybridized carbons (Fsp3) is 0.625. The third kappa shape index (κ3) is 2.59. The van der Waals surface area contributed by atoms with Crippen molar-refractivity contribution in [3.8, 4) is 0 Å². The van der Waals surface area contributed by atoms with E-state index in [1.54, 1.807) is 16.2 Å². The highest BCUT2D eigenvalue weighted by atomic mass is 32.1. The first-order chi connectivity index (χ1) is 9.81. The number of rotatable bonds is 0. The number of amides is 1. The second kappa shape index (κ2) is 4.83. The van der Waals surface area contributed by atoms with Gasteiger partial charge in [0.2, 0.25) is 0 Å². The molecule has 3 rings (SSSR count). The molecule has 114 valence electrons. The SMILES string of the molecule is CC(C)(C)OC(=O)N1CCC2(CC1)Cc1sccc1C2=O. The maximum absolute atomic E-state index is 12.6. The maximum atomic E-state index is 12.6. The summed E-state index contributed by atoms with van der Waals surface area (Å²) in [6.45, 7) is 6.82.